The third-order valence-corrected chi connectivity index (χ3v) is 4.90. The van der Waals surface area contributed by atoms with Crippen molar-refractivity contribution in [2.24, 2.45) is 0 Å². The van der Waals surface area contributed by atoms with Crippen molar-refractivity contribution in [1.82, 2.24) is 15.6 Å². The zero-order chi connectivity index (χ0) is 14.2. The van der Waals surface area contributed by atoms with Crippen LogP contribution in [0.15, 0.2) is 0 Å². The molecule has 1 aliphatic carbocycles. The van der Waals surface area contributed by atoms with E-state index < -0.39 is 5.54 Å². The highest BCUT2D eigenvalue weighted by molar-refractivity contribution is 7.18. The summed E-state index contributed by atoms with van der Waals surface area (Å²) in [6.07, 6.45) is 1.64. The van der Waals surface area contributed by atoms with Gasteiger partial charge in [-0.15, -0.1) is 0 Å². The van der Waals surface area contributed by atoms with E-state index in [1.807, 2.05) is 0 Å². The van der Waals surface area contributed by atoms with E-state index in [9.17, 15) is 9.90 Å². The standard InChI is InChI=1S/C12H19N5O2S/c13-9-8(10(19)16-12(7-18)1-2-12)20-11(15-9)17-5-3-14-4-6-17/h14,18H,1-7,13H2,(H,16,19). The van der Waals surface area contributed by atoms with E-state index in [4.69, 9.17) is 5.73 Å². The first-order chi connectivity index (χ1) is 9.63. The van der Waals surface area contributed by atoms with Gasteiger partial charge < -0.3 is 26.4 Å². The van der Waals surface area contributed by atoms with Crippen molar-refractivity contribution in [1.29, 1.82) is 0 Å². The SMILES string of the molecule is Nc1nc(N2CCNCC2)sc1C(=O)NC1(CO)CC1. The van der Waals surface area contributed by atoms with Gasteiger partial charge in [0.2, 0.25) is 0 Å². The Bertz CT molecular complexity index is 508. The molecule has 0 unspecified atom stereocenters. The number of nitrogens with two attached hydrogens (primary N) is 1. The monoisotopic (exact) mass is 297 g/mol. The first-order valence-corrected chi connectivity index (χ1v) is 7.60. The lowest BCUT2D eigenvalue weighted by atomic mass is 10.3. The minimum absolute atomic E-state index is 0.0257. The number of rotatable bonds is 4. The van der Waals surface area contributed by atoms with Gasteiger partial charge in [0.15, 0.2) is 5.13 Å². The van der Waals surface area contributed by atoms with Crippen molar-refractivity contribution in [3.63, 3.8) is 0 Å². The molecule has 2 aliphatic rings. The van der Waals surface area contributed by atoms with E-state index in [0.29, 0.717) is 4.88 Å². The first-order valence-electron chi connectivity index (χ1n) is 6.79. The molecule has 3 rings (SSSR count). The lowest BCUT2D eigenvalue weighted by molar-refractivity contribution is 0.0911. The molecule has 110 valence electrons. The van der Waals surface area contributed by atoms with Gasteiger partial charge in [0.1, 0.15) is 10.7 Å². The van der Waals surface area contributed by atoms with Crippen molar-refractivity contribution in [3.05, 3.63) is 4.88 Å². The molecule has 1 aromatic heterocycles. The fraction of sp³-hybridized carbons (Fsp3) is 0.667. The molecule has 0 atom stereocenters. The fourth-order valence-corrected chi connectivity index (χ4v) is 3.18. The van der Waals surface area contributed by atoms with Crippen LogP contribution in [0, 0.1) is 0 Å². The van der Waals surface area contributed by atoms with Gasteiger partial charge in [-0.05, 0) is 12.8 Å². The summed E-state index contributed by atoms with van der Waals surface area (Å²) in [7, 11) is 0. The molecule has 0 aromatic carbocycles. The Morgan fingerprint density at radius 2 is 2.20 bits per heavy atom. The van der Waals surface area contributed by atoms with Gasteiger partial charge in [0, 0.05) is 26.2 Å². The fourth-order valence-electron chi connectivity index (χ4n) is 2.25. The van der Waals surface area contributed by atoms with E-state index in [0.717, 1.165) is 44.2 Å². The lowest BCUT2D eigenvalue weighted by Gasteiger charge is -2.26. The summed E-state index contributed by atoms with van der Waals surface area (Å²) in [5, 5.41) is 16.2. The number of hydrogen-bond acceptors (Lipinski definition) is 7. The molecule has 2 heterocycles. The lowest BCUT2D eigenvalue weighted by Crippen LogP contribution is -2.43. The molecule has 5 N–H and O–H groups in total. The van der Waals surface area contributed by atoms with E-state index in [1.165, 1.54) is 11.3 Å². The summed E-state index contributed by atoms with van der Waals surface area (Å²) in [4.78, 5) is 19.1. The van der Waals surface area contributed by atoms with Crippen molar-refractivity contribution < 1.29 is 9.90 Å². The van der Waals surface area contributed by atoms with E-state index in [-0.39, 0.29) is 18.3 Å². The quantitative estimate of drug-likeness (QED) is 0.591. The third kappa shape index (κ3) is 2.58. The summed E-state index contributed by atoms with van der Waals surface area (Å²) >= 11 is 1.32. The zero-order valence-electron chi connectivity index (χ0n) is 11.2. The summed E-state index contributed by atoms with van der Waals surface area (Å²) in [5.41, 5.74) is 5.44. The topological polar surface area (TPSA) is 104 Å². The van der Waals surface area contributed by atoms with Gasteiger partial charge in [0.05, 0.1) is 12.1 Å². The molecule has 2 fully saturated rings. The van der Waals surface area contributed by atoms with Crippen LogP contribution in [0.4, 0.5) is 10.9 Å². The number of piperazine rings is 1. The van der Waals surface area contributed by atoms with Gasteiger partial charge in [-0.25, -0.2) is 4.98 Å². The highest BCUT2D eigenvalue weighted by atomic mass is 32.1. The second kappa shape index (κ2) is 5.19. The Morgan fingerprint density at radius 3 is 2.80 bits per heavy atom. The van der Waals surface area contributed by atoms with Crippen LogP contribution in [0.3, 0.4) is 0 Å². The van der Waals surface area contributed by atoms with Crippen LogP contribution in [0.25, 0.3) is 0 Å². The first kappa shape index (κ1) is 13.6. The van der Waals surface area contributed by atoms with E-state index in [2.05, 4.69) is 20.5 Å². The summed E-state index contributed by atoms with van der Waals surface area (Å²) < 4.78 is 0. The number of carbonyl (C=O) groups is 1. The van der Waals surface area contributed by atoms with Crippen LogP contribution < -0.4 is 21.3 Å². The van der Waals surface area contributed by atoms with Gasteiger partial charge in [-0.3, -0.25) is 4.79 Å². The van der Waals surface area contributed by atoms with Crippen molar-refractivity contribution >= 4 is 28.2 Å². The van der Waals surface area contributed by atoms with Gasteiger partial charge in [-0.1, -0.05) is 11.3 Å². The Balaban J connectivity index is 1.73. The molecule has 1 saturated carbocycles. The van der Waals surface area contributed by atoms with E-state index in [1.54, 1.807) is 0 Å². The largest absolute Gasteiger partial charge is 0.394 e. The van der Waals surface area contributed by atoms with Crippen LogP contribution in [0.1, 0.15) is 22.5 Å². The molecule has 0 spiro atoms. The number of carbonyl (C=O) groups excluding carboxylic acids is 1. The van der Waals surface area contributed by atoms with Crippen molar-refractivity contribution in [2.45, 2.75) is 18.4 Å². The number of aliphatic hydroxyl groups is 1. The number of nitrogen functional groups attached to an aromatic ring is 1. The summed E-state index contributed by atoms with van der Waals surface area (Å²) in [5.74, 6) is 0.0442. The highest BCUT2D eigenvalue weighted by Gasteiger charge is 2.44. The Morgan fingerprint density at radius 1 is 1.50 bits per heavy atom. The number of hydrogen-bond donors (Lipinski definition) is 4. The predicted octanol–water partition coefficient (Wildman–Crippen LogP) is -0.610. The maximum absolute atomic E-state index is 12.2. The molecule has 1 saturated heterocycles. The molecule has 0 bridgehead atoms. The normalized spacial score (nSPS) is 20.8. The molecule has 1 aliphatic heterocycles. The van der Waals surface area contributed by atoms with Crippen LogP contribution in [0.2, 0.25) is 0 Å². The smallest absolute Gasteiger partial charge is 0.265 e. The number of anilines is 2. The number of aliphatic hydroxyl groups excluding tert-OH is 1. The number of thiazole rings is 1. The van der Waals surface area contributed by atoms with Gasteiger partial charge in [0.25, 0.3) is 5.91 Å². The average Bonchev–Trinajstić information content (AvgIpc) is 3.13. The Labute approximate surface area is 121 Å². The number of nitrogens with zero attached hydrogens (tertiary/aromatic N) is 2. The second-order valence-corrected chi connectivity index (χ2v) is 6.32. The number of aromatic nitrogens is 1. The zero-order valence-corrected chi connectivity index (χ0v) is 12.0. The minimum atomic E-state index is -0.428. The molecular formula is C12H19N5O2S. The maximum atomic E-state index is 12.2. The van der Waals surface area contributed by atoms with Crippen molar-refractivity contribution in [2.75, 3.05) is 43.4 Å². The minimum Gasteiger partial charge on any atom is -0.394 e. The summed E-state index contributed by atoms with van der Waals surface area (Å²) in [6, 6.07) is 0. The third-order valence-electron chi connectivity index (χ3n) is 3.77. The average molecular weight is 297 g/mol. The molecule has 8 heteroatoms. The molecule has 1 aromatic rings. The van der Waals surface area contributed by atoms with Gasteiger partial charge >= 0.3 is 0 Å². The number of nitrogens with one attached hydrogen (secondary N) is 2. The molecule has 20 heavy (non-hydrogen) atoms. The van der Waals surface area contributed by atoms with Crippen molar-refractivity contribution in [3.8, 4) is 0 Å². The number of amides is 1. The van der Waals surface area contributed by atoms with Crippen LogP contribution in [0.5, 0.6) is 0 Å². The van der Waals surface area contributed by atoms with Crippen LogP contribution in [-0.4, -0.2) is 54.3 Å². The predicted molar refractivity (Wildman–Crippen MR) is 78.1 cm³/mol. The van der Waals surface area contributed by atoms with Crippen LogP contribution in [-0.2, 0) is 0 Å². The highest BCUT2D eigenvalue weighted by Crippen LogP contribution is 2.36. The molecular weight excluding hydrogens is 278 g/mol. The summed E-state index contributed by atoms with van der Waals surface area (Å²) in [6.45, 7) is 3.54. The molecule has 7 nitrogen and oxygen atoms in total. The second-order valence-electron chi connectivity index (χ2n) is 5.34. The maximum Gasteiger partial charge on any atom is 0.265 e. The Hall–Kier alpha value is -1.38. The molecule has 1 amide bonds. The van der Waals surface area contributed by atoms with E-state index >= 15 is 0 Å². The Kier molecular flexibility index (Phi) is 3.53. The molecule has 0 radical (unpaired) electrons. The van der Waals surface area contributed by atoms with Crippen LogP contribution >= 0.6 is 11.3 Å². The van der Waals surface area contributed by atoms with Gasteiger partial charge in [-0.2, -0.15) is 0 Å².